The molecule has 1 aliphatic heterocycles. The predicted molar refractivity (Wildman–Crippen MR) is 89.2 cm³/mol. The van der Waals surface area contributed by atoms with Crippen molar-refractivity contribution in [2.45, 2.75) is 19.5 Å². The van der Waals surface area contributed by atoms with Crippen molar-refractivity contribution in [3.63, 3.8) is 0 Å². The van der Waals surface area contributed by atoms with Gasteiger partial charge < -0.3 is 20.1 Å². The van der Waals surface area contributed by atoms with Crippen LogP contribution in [0.1, 0.15) is 34.5 Å². The van der Waals surface area contributed by atoms with E-state index in [9.17, 15) is 4.79 Å². The van der Waals surface area contributed by atoms with Crippen LogP contribution in [0.5, 0.6) is 11.5 Å². The van der Waals surface area contributed by atoms with Crippen LogP contribution in [-0.4, -0.2) is 20.1 Å². The van der Waals surface area contributed by atoms with Crippen molar-refractivity contribution in [1.29, 1.82) is 0 Å². The molecule has 1 heterocycles. The number of fused-ring (bicyclic) bond motifs is 1. The lowest BCUT2D eigenvalue weighted by molar-refractivity contribution is 0.0966. The number of carbonyl (C=O) groups excluding carboxylic acids is 1. The normalized spacial score (nSPS) is 14.0. The van der Waals surface area contributed by atoms with Gasteiger partial charge in [-0.15, -0.1) is 0 Å². The SMILES string of the molecule is COc1ccc(OC)c([C@@H](C)Nc2ccc3c(c2)C(=O)NC3)c1. The van der Waals surface area contributed by atoms with Crippen molar-refractivity contribution in [1.82, 2.24) is 5.32 Å². The highest BCUT2D eigenvalue weighted by atomic mass is 16.5. The lowest BCUT2D eigenvalue weighted by Crippen LogP contribution is -2.13. The molecule has 0 fully saturated rings. The summed E-state index contributed by atoms with van der Waals surface area (Å²) in [6, 6.07) is 11.6. The van der Waals surface area contributed by atoms with E-state index < -0.39 is 0 Å². The third kappa shape index (κ3) is 2.95. The average Bonchev–Trinajstić information content (AvgIpc) is 2.95. The molecule has 0 aromatic heterocycles. The van der Waals surface area contributed by atoms with Gasteiger partial charge in [0.15, 0.2) is 0 Å². The molecule has 0 spiro atoms. The molecular formula is C18H20N2O3. The number of nitrogens with one attached hydrogen (secondary N) is 2. The number of hydrogen-bond donors (Lipinski definition) is 2. The molecule has 5 nitrogen and oxygen atoms in total. The van der Waals surface area contributed by atoms with Crippen molar-refractivity contribution in [2.75, 3.05) is 19.5 Å². The fourth-order valence-electron chi connectivity index (χ4n) is 2.81. The molecule has 0 bridgehead atoms. The highest BCUT2D eigenvalue weighted by Gasteiger charge is 2.19. The van der Waals surface area contributed by atoms with Crippen molar-refractivity contribution in [3.8, 4) is 11.5 Å². The van der Waals surface area contributed by atoms with Gasteiger partial charge in [-0.05, 0) is 42.8 Å². The first-order valence-electron chi connectivity index (χ1n) is 7.52. The molecule has 1 amide bonds. The monoisotopic (exact) mass is 312 g/mol. The van der Waals surface area contributed by atoms with Gasteiger partial charge in [0.25, 0.3) is 5.91 Å². The molecule has 1 atom stereocenters. The third-order valence-electron chi connectivity index (χ3n) is 4.08. The topological polar surface area (TPSA) is 59.6 Å². The fraction of sp³-hybridized carbons (Fsp3) is 0.278. The molecule has 120 valence electrons. The zero-order chi connectivity index (χ0) is 16.4. The number of ether oxygens (including phenoxy) is 2. The third-order valence-corrected chi connectivity index (χ3v) is 4.08. The Morgan fingerprint density at radius 3 is 2.70 bits per heavy atom. The van der Waals surface area contributed by atoms with E-state index in [2.05, 4.69) is 10.6 Å². The molecule has 2 aromatic rings. The van der Waals surface area contributed by atoms with Crippen LogP contribution in [0.2, 0.25) is 0 Å². The second kappa shape index (κ2) is 6.20. The minimum Gasteiger partial charge on any atom is -0.497 e. The van der Waals surface area contributed by atoms with Gasteiger partial charge in [0.2, 0.25) is 0 Å². The maximum absolute atomic E-state index is 11.8. The summed E-state index contributed by atoms with van der Waals surface area (Å²) in [5, 5.41) is 6.25. The number of hydrogen-bond acceptors (Lipinski definition) is 4. The first kappa shape index (κ1) is 15.2. The minimum absolute atomic E-state index is 0.00237. The van der Waals surface area contributed by atoms with E-state index in [1.807, 2.05) is 43.3 Å². The number of benzene rings is 2. The van der Waals surface area contributed by atoms with Crippen LogP contribution < -0.4 is 20.1 Å². The van der Waals surface area contributed by atoms with E-state index >= 15 is 0 Å². The maximum Gasteiger partial charge on any atom is 0.251 e. The van der Waals surface area contributed by atoms with Crippen molar-refractivity contribution in [3.05, 3.63) is 53.1 Å². The van der Waals surface area contributed by atoms with Crippen LogP contribution in [0.3, 0.4) is 0 Å². The average molecular weight is 312 g/mol. The van der Waals surface area contributed by atoms with Crippen LogP contribution in [0, 0.1) is 0 Å². The van der Waals surface area contributed by atoms with Crippen LogP contribution in [0.25, 0.3) is 0 Å². The summed E-state index contributed by atoms with van der Waals surface area (Å²) in [5.74, 6) is 1.56. The molecular weight excluding hydrogens is 292 g/mol. The second-order valence-corrected chi connectivity index (χ2v) is 5.53. The van der Waals surface area contributed by atoms with Gasteiger partial charge in [0.1, 0.15) is 11.5 Å². The fourth-order valence-corrected chi connectivity index (χ4v) is 2.81. The lowest BCUT2D eigenvalue weighted by atomic mass is 10.0. The number of methoxy groups -OCH3 is 2. The second-order valence-electron chi connectivity index (χ2n) is 5.53. The Morgan fingerprint density at radius 2 is 1.96 bits per heavy atom. The summed E-state index contributed by atoms with van der Waals surface area (Å²) in [4.78, 5) is 11.8. The molecule has 0 aliphatic carbocycles. The largest absolute Gasteiger partial charge is 0.497 e. The van der Waals surface area contributed by atoms with Crippen LogP contribution >= 0.6 is 0 Å². The summed E-state index contributed by atoms with van der Waals surface area (Å²) < 4.78 is 10.7. The highest BCUT2D eigenvalue weighted by molar-refractivity contribution is 5.99. The number of carbonyl (C=O) groups is 1. The lowest BCUT2D eigenvalue weighted by Gasteiger charge is -2.19. The Labute approximate surface area is 135 Å². The molecule has 0 unspecified atom stereocenters. The molecule has 2 aromatic carbocycles. The summed E-state index contributed by atoms with van der Waals surface area (Å²) in [6.07, 6.45) is 0. The molecule has 0 saturated heterocycles. The summed E-state index contributed by atoms with van der Waals surface area (Å²) in [6.45, 7) is 2.65. The molecule has 5 heteroatoms. The van der Waals surface area contributed by atoms with Gasteiger partial charge in [-0.25, -0.2) is 0 Å². The first-order valence-corrected chi connectivity index (χ1v) is 7.52. The maximum atomic E-state index is 11.8. The molecule has 1 aliphatic rings. The smallest absolute Gasteiger partial charge is 0.251 e. The van der Waals surface area contributed by atoms with E-state index in [4.69, 9.17) is 9.47 Å². The van der Waals surface area contributed by atoms with Gasteiger partial charge in [-0.3, -0.25) is 4.79 Å². The minimum atomic E-state index is -0.0183. The summed E-state index contributed by atoms with van der Waals surface area (Å²) in [7, 11) is 3.29. The van der Waals surface area contributed by atoms with E-state index in [1.54, 1.807) is 14.2 Å². The molecule has 23 heavy (non-hydrogen) atoms. The van der Waals surface area contributed by atoms with E-state index in [0.29, 0.717) is 6.54 Å². The molecule has 0 radical (unpaired) electrons. The zero-order valence-corrected chi connectivity index (χ0v) is 13.5. The van der Waals surface area contributed by atoms with E-state index in [-0.39, 0.29) is 11.9 Å². The van der Waals surface area contributed by atoms with Crippen LogP contribution in [-0.2, 0) is 6.54 Å². The highest BCUT2D eigenvalue weighted by Crippen LogP contribution is 2.32. The summed E-state index contributed by atoms with van der Waals surface area (Å²) >= 11 is 0. The molecule has 3 rings (SSSR count). The van der Waals surface area contributed by atoms with Crippen molar-refractivity contribution in [2.24, 2.45) is 0 Å². The Morgan fingerprint density at radius 1 is 1.13 bits per heavy atom. The van der Waals surface area contributed by atoms with Gasteiger partial charge in [-0.2, -0.15) is 0 Å². The number of rotatable bonds is 5. The number of anilines is 1. The van der Waals surface area contributed by atoms with Gasteiger partial charge in [-0.1, -0.05) is 6.07 Å². The van der Waals surface area contributed by atoms with Gasteiger partial charge in [0.05, 0.1) is 20.3 Å². The number of amides is 1. The molecule has 2 N–H and O–H groups in total. The Kier molecular flexibility index (Phi) is 4.10. The zero-order valence-electron chi connectivity index (χ0n) is 13.5. The van der Waals surface area contributed by atoms with Crippen LogP contribution in [0.15, 0.2) is 36.4 Å². The Hall–Kier alpha value is -2.69. The van der Waals surface area contributed by atoms with Crippen molar-refractivity contribution < 1.29 is 14.3 Å². The molecule has 0 saturated carbocycles. The first-order chi connectivity index (χ1) is 11.1. The predicted octanol–water partition coefficient (Wildman–Crippen LogP) is 3.12. The van der Waals surface area contributed by atoms with Crippen LogP contribution in [0.4, 0.5) is 5.69 Å². The van der Waals surface area contributed by atoms with Crippen molar-refractivity contribution >= 4 is 11.6 Å². The van der Waals surface area contributed by atoms with Gasteiger partial charge in [0, 0.05) is 23.4 Å². The standard InChI is InChI=1S/C18H20N2O3/c1-11(15-9-14(22-2)6-7-17(15)23-3)20-13-5-4-12-10-19-18(21)16(12)8-13/h4-9,11,20H,10H2,1-3H3,(H,19,21)/t11-/m1/s1. The Balaban J connectivity index is 1.86. The quantitative estimate of drug-likeness (QED) is 0.890. The Bertz CT molecular complexity index is 743. The van der Waals surface area contributed by atoms with E-state index in [0.717, 1.165) is 33.9 Å². The van der Waals surface area contributed by atoms with E-state index in [1.165, 1.54) is 0 Å². The summed E-state index contributed by atoms with van der Waals surface area (Å²) in [5.41, 5.74) is 3.67. The van der Waals surface area contributed by atoms with Gasteiger partial charge >= 0.3 is 0 Å².